The van der Waals surface area contributed by atoms with E-state index in [4.69, 9.17) is 9.47 Å². The lowest BCUT2D eigenvalue weighted by Gasteiger charge is -2.28. The van der Waals surface area contributed by atoms with E-state index in [1.807, 2.05) is 48.0 Å². The smallest absolute Gasteiger partial charge is 0.233 e. The number of ether oxygens (including phenoxy) is 2. The Kier molecular flexibility index (Phi) is 7.51. The zero-order chi connectivity index (χ0) is 23.2. The van der Waals surface area contributed by atoms with Gasteiger partial charge in [-0.15, -0.1) is 10.2 Å². The van der Waals surface area contributed by atoms with Gasteiger partial charge in [0, 0.05) is 26.7 Å². The van der Waals surface area contributed by atoms with Crippen molar-refractivity contribution < 1.29 is 14.3 Å². The second-order valence-corrected chi connectivity index (χ2v) is 8.89. The predicted molar refractivity (Wildman–Crippen MR) is 129 cm³/mol. The fourth-order valence-corrected chi connectivity index (χ4v) is 4.57. The molecule has 1 amide bonds. The summed E-state index contributed by atoms with van der Waals surface area (Å²) >= 11 is 1.40. The van der Waals surface area contributed by atoms with Crippen LogP contribution in [0.1, 0.15) is 11.1 Å². The van der Waals surface area contributed by atoms with Crippen LogP contribution < -0.4 is 9.64 Å². The summed E-state index contributed by atoms with van der Waals surface area (Å²) in [6.45, 7) is 5.42. The minimum Gasteiger partial charge on any atom is -0.497 e. The van der Waals surface area contributed by atoms with Crippen LogP contribution in [0.5, 0.6) is 5.75 Å². The highest BCUT2D eigenvalue weighted by Gasteiger charge is 2.23. The Morgan fingerprint density at radius 3 is 2.70 bits per heavy atom. The summed E-state index contributed by atoms with van der Waals surface area (Å²) in [7, 11) is 3.45. The molecule has 2 aromatic carbocycles. The summed E-state index contributed by atoms with van der Waals surface area (Å²) in [5.41, 5.74) is 3.16. The number of aromatic nitrogens is 3. The Morgan fingerprint density at radius 2 is 1.94 bits per heavy atom. The number of aryl methyl sites for hydroxylation is 1. The predicted octanol–water partition coefficient (Wildman–Crippen LogP) is 3.17. The zero-order valence-corrected chi connectivity index (χ0v) is 20.0. The topological polar surface area (TPSA) is 72.7 Å². The first-order valence-corrected chi connectivity index (χ1v) is 11.9. The second kappa shape index (κ2) is 10.7. The fraction of sp³-hybridized carbons (Fsp3) is 0.375. The molecule has 174 valence electrons. The van der Waals surface area contributed by atoms with Crippen molar-refractivity contribution in [3.8, 4) is 11.4 Å². The van der Waals surface area contributed by atoms with Gasteiger partial charge >= 0.3 is 0 Å². The molecule has 0 unspecified atom stereocenters. The van der Waals surface area contributed by atoms with Gasteiger partial charge in [0.05, 0.1) is 31.8 Å². The first-order chi connectivity index (χ1) is 16.0. The third-order valence-corrected chi connectivity index (χ3v) is 6.39. The van der Waals surface area contributed by atoms with E-state index in [1.165, 1.54) is 11.8 Å². The average Bonchev–Trinajstić information content (AvgIpc) is 3.27. The van der Waals surface area contributed by atoms with E-state index < -0.39 is 0 Å². The van der Waals surface area contributed by atoms with Gasteiger partial charge in [-0.05, 0) is 42.3 Å². The minimum absolute atomic E-state index is 0.0227. The summed E-state index contributed by atoms with van der Waals surface area (Å²) in [5, 5.41) is 9.62. The van der Waals surface area contributed by atoms with Gasteiger partial charge in [0.25, 0.3) is 0 Å². The first kappa shape index (κ1) is 23.1. The van der Waals surface area contributed by atoms with Crippen LogP contribution in [0.3, 0.4) is 0 Å². The number of methoxy groups -OCH3 is 1. The molecular formula is C24H29N5O3S. The number of rotatable bonds is 8. The molecule has 0 aliphatic carbocycles. The number of morpholine rings is 1. The van der Waals surface area contributed by atoms with Crippen molar-refractivity contribution in [2.24, 2.45) is 0 Å². The zero-order valence-electron chi connectivity index (χ0n) is 19.2. The molecule has 0 spiro atoms. The summed E-state index contributed by atoms with van der Waals surface area (Å²) in [6, 6.07) is 16.0. The molecule has 1 aliphatic rings. The van der Waals surface area contributed by atoms with Gasteiger partial charge in [0.2, 0.25) is 11.9 Å². The van der Waals surface area contributed by atoms with E-state index in [0.717, 1.165) is 41.6 Å². The van der Waals surface area contributed by atoms with Crippen molar-refractivity contribution in [1.82, 2.24) is 19.7 Å². The Bertz CT molecular complexity index is 1100. The van der Waals surface area contributed by atoms with Crippen LogP contribution in [0.2, 0.25) is 0 Å². The molecule has 9 heteroatoms. The van der Waals surface area contributed by atoms with Gasteiger partial charge < -0.3 is 19.3 Å². The van der Waals surface area contributed by atoms with Crippen LogP contribution in [0.25, 0.3) is 5.69 Å². The van der Waals surface area contributed by atoms with E-state index in [-0.39, 0.29) is 11.7 Å². The molecule has 0 bridgehead atoms. The van der Waals surface area contributed by atoms with E-state index in [9.17, 15) is 4.79 Å². The molecule has 1 aliphatic heterocycles. The normalized spacial score (nSPS) is 13.7. The van der Waals surface area contributed by atoms with Crippen LogP contribution in [0, 0.1) is 6.92 Å². The lowest BCUT2D eigenvalue weighted by Crippen LogP contribution is -2.37. The average molecular weight is 468 g/mol. The van der Waals surface area contributed by atoms with Gasteiger partial charge in [-0.1, -0.05) is 36.0 Å². The standard InChI is InChI=1S/C24H29N5O3S/c1-18-6-4-8-20(14-18)29-23(28-10-12-32-13-11-28)25-26-24(29)33-17-22(30)27(2)16-19-7-5-9-21(15-19)31-3/h4-9,14-15H,10-13,16-17H2,1-3H3. The Balaban J connectivity index is 1.50. The molecule has 2 heterocycles. The quantitative estimate of drug-likeness (QED) is 0.471. The highest BCUT2D eigenvalue weighted by Crippen LogP contribution is 2.28. The van der Waals surface area contributed by atoms with Crippen molar-refractivity contribution in [1.29, 1.82) is 0 Å². The van der Waals surface area contributed by atoms with Crippen molar-refractivity contribution in [3.05, 3.63) is 59.7 Å². The third kappa shape index (κ3) is 5.66. The monoisotopic (exact) mass is 467 g/mol. The van der Waals surface area contributed by atoms with E-state index in [2.05, 4.69) is 34.2 Å². The van der Waals surface area contributed by atoms with Gasteiger partial charge in [-0.25, -0.2) is 0 Å². The molecule has 3 aromatic rings. The third-order valence-electron chi connectivity index (χ3n) is 5.47. The first-order valence-electron chi connectivity index (χ1n) is 10.9. The maximum absolute atomic E-state index is 12.9. The van der Waals surface area contributed by atoms with Crippen molar-refractivity contribution in [3.63, 3.8) is 0 Å². The van der Waals surface area contributed by atoms with Crippen LogP contribution in [-0.4, -0.2) is 71.8 Å². The Morgan fingerprint density at radius 1 is 1.15 bits per heavy atom. The Labute approximate surface area is 198 Å². The van der Waals surface area contributed by atoms with Crippen LogP contribution in [0.15, 0.2) is 53.7 Å². The molecule has 1 aromatic heterocycles. The number of amides is 1. The highest BCUT2D eigenvalue weighted by atomic mass is 32.2. The number of benzene rings is 2. The van der Waals surface area contributed by atoms with Crippen molar-refractivity contribution in [2.75, 3.05) is 51.1 Å². The van der Waals surface area contributed by atoms with Crippen molar-refractivity contribution >= 4 is 23.6 Å². The van der Waals surface area contributed by atoms with Gasteiger partial charge in [0.1, 0.15) is 5.75 Å². The maximum atomic E-state index is 12.9. The summed E-state index contributed by atoms with van der Waals surface area (Å²) in [5.74, 6) is 1.86. The lowest BCUT2D eigenvalue weighted by molar-refractivity contribution is -0.127. The Hall–Kier alpha value is -3.04. The lowest BCUT2D eigenvalue weighted by atomic mass is 10.2. The largest absolute Gasteiger partial charge is 0.497 e. The fourth-order valence-electron chi connectivity index (χ4n) is 3.69. The molecule has 33 heavy (non-hydrogen) atoms. The minimum atomic E-state index is 0.0227. The van der Waals surface area contributed by atoms with Gasteiger partial charge in [-0.2, -0.15) is 0 Å². The number of anilines is 1. The molecule has 8 nitrogen and oxygen atoms in total. The number of nitrogens with zero attached hydrogens (tertiary/aromatic N) is 5. The van der Waals surface area contributed by atoms with E-state index in [1.54, 1.807) is 12.0 Å². The summed E-state index contributed by atoms with van der Waals surface area (Å²) in [4.78, 5) is 16.8. The molecule has 0 saturated carbocycles. The van der Waals surface area contributed by atoms with Crippen molar-refractivity contribution in [2.45, 2.75) is 18.6 Å². The molecule has 0 N–H and O–H groups in total. The molecule has 1 saturated heterocycles. The van der Waals surface area contributed by atoms with Gasteiger partial charge in [0.15, 0.2) is 5.16 Å². The summed E-state index contributed by atoms with van der Waals surface area (Å²) < 4.78 is 12.8. The van der Waals surface area contributed by atoms with Crippen LogP contribution in [0.4, 0.5) is 5.95 Å². The number of carbonyl (C=O) groups is 1. The highest BCUT2D eigenvalue weighted by molar-refractivity contribution is 7.99. The number of hydrogen-bond donors (Lipinski definition) is 0. The number of hydrogen-bond acceptors (Lipinski definition) is 7. The van der Waals surface area contributed by atoms with Crippen LogP contribution in [-0.2, 0) is 16.1 Å². The molecule has 0 radical (unpaired) electrons. The molecule has 4 rings (SSSR count). The van der Waals surface area contributed by atoms with Crippen LogP contribution >= 0.6 is 11.8 Å². The molecular weight excluding hydrogens is 438 g/mol. The van der Waals surface area contributed by atoms with E-state index in [0.29, 0.717) is 24.9 Å². The maximum Gasteiger partial charge on any atom is 0.233 e. The second-order valence-electron chi connectivity index (χ2n) is 7.95. The summed E-state index contributed by atoms with van der Waals surface area (Å²) in [6.07, 6.45) is 0. The molecule has 1 fully saturated rings. The van der Waals surface area contributed by atoms with Gasteiger partial charge in [-0.3, -0.25) is 9.36 Å². The number of thioether (sulfide) groups is 1. The SMILES string of the molecule is COc1cccc(CN(C)C(=O)CSc2nnc(N3CCOCC3)n2-c2cccc(C)c2)c1. The van der Waals surface area contributed by atoms with E-state index >= 15 is 0 Å². The number of carbonyl (C=O) groups excluding carboxylic acids is 1. The molecule has 0 atom stereocenters.